The van der Waals surface area contributed by atoms with Crippen molar-refractivity contribution >= 4 is 8.32 Å². The fraction of sp³-hybridized carbons (Fsp3) is 0.538. The van der Waals surface area contributed by atoms with Crippen LogP contribution in [-0.2, 0) is 15.8 Å². The van der Waals surface area contributed by atoms with Gasteiger partial charge in [-0.2, -0.15) is 0 Å². The van der Waals surface area contributed by atoms with Crippen LogP contribution in [0, 0.1) is 0 Å². The molecular weight excluding hydrogens is 609 g/mol. The first-order valence-corrected chi connectivity index (χ1v) is 19.1. The highest BCUT2D eigenvalue weighted by molar-refractivity contribution is 6.78. The lowest BCUT2D eigenvalue weighted by atomic mass is 9.49. The highest BCUT2D eigenvalue weighted by atomic mass is 28.4. The van der Waals surface area contributed by atoms with E-state index in [1.807, 2.05) is 12.1 Å². The van der Waals surface area contributed by atoms with Crippen molar-refractivity contribution in [3.05, 3.63) is 69.8 Å². The Labute approximate surface area is 282 Å². The first-order chi connectivity index (χ1) is 22.4. The summed E-state index contributed by atoms with van der Waals surface area (Å²) >= 11 is 0. The zero-order chi connectivity index (χ0) is 34.5. The molecule has 0 atom stereocenters. The van der Waals surface area contributed by atoms with Gasteiger partial charge in [-0.15, -0.1) is 0 Å². The Balaban J connectivity index is 2.02. The second-order valence-corrected chi connectivity index (χ2v) is 19.2. The molecule has 0 saturated heterocycles. The summed E-state index contributed by atoms with van der Waals surface area (Å²) in [5.41, 5.74) is 5.53. The highest BCUT2D eigenvalue weighted by Crippen LogP contribution is 2.70. The minimum Gasteiger partial charge on any atom is -0.543 e. The molecule has 8 heteroatoms. The van der Waals surface area contributed by atoms with E-state index in [4.69, 9.17) is 32.8 Å². The van der Waals surface area contributed by atoms with Gasteiger partial charge in [0.15, 0.2) is 5.60 Å². The summed E-state index contributed by atoms with van der Waals surface area (Å²) in [5, 5.41) is 0. The Morgan fingerprint density at radius 3 is 1.26 bits per heavy atom. The van der Waals surface area contributed by atoms with Gasteiger partial charge >= 0.3 is 0 Å². The monoisotopic (exact) mass is 662 g/mol. The lowest BCUT2D eigenvalue weighted by Gasteiger charge is -2.56. The van der Waals surface area contributed by atoms with E-state index in [1.165, 1.54) is 0 Å². The topological polar surface area (TPSA) is 64.6 Å². The molecule has 3 aromatic rings. The first-order valence-electron chi connectivity index (χ1n) is 16.9. The smallest absolute Gasteiger partial charge is 0.258 e. The van der Waals surface area contributed by atoms with Crippen molar-refractivity contribution in [2.24, 2.45) is 0 Å². The van der Waals surface area contributed by atoms with E-state index in [1.54, 1.807) is 42.7 Å². The summed E-state index contributed by atoms with van der Waals surface area (Å²) in [5.74, 6) is 4.36. The van der Waals surface area contributed by atoms with Gasteiger partial charge in [-0.1, -0.05) is 61.3 Å². The van der Waals surface area contributed by atoms with Crippen LogP contribution in [0.25, 0.3) is 0 Å². The van der Waals surface area contributed by atoms with E-state index in [2.05, 4.69) is 72.7 Å². The van der Waals surface area contributed by atoms with Crippen molar-refractivity contribution in [3.63, 3.8) is 0 Å². The van der Waals surface area contributed by atoms with Crippen LogP contribution in [0.1, 0.15) is 101 Å². The molecule has 2 bridgehead atoms. The van der Waals surface area contributed by atoms with Crippen molar-refractivity contribution < 1.29 is 32.8 Å². The van der Waals surface area contributed by atoms with Gasteiger partial charge in [0.2, 0.25) is 0 Å². The van der Waals surface area contributed by atoms with E-state index in [-0.39, 0.29) is 0 Å². The van der Waals surface area contributed by atoms with Gasteiger partial charge in [0, 0.05) is 47.4 Å². The fourth-order valence-corrected chi connectivity index (χ4v) is 14.4. The summed E-state index contributed by atoms with van der Waals surface area (Å²) in [6.45, 7) is 16.1. The van der Waals surface area contributed by atoms with Gasteiger partial charge in [-0.3, -0.25) is 0 Å². The van der Waals surface area contributed by atoms with Crippen LogP contribution in [0.15, 0.2) is 36.4 Å². The number of benzene rings is 3. The molecule has 0 heterocycles. The number of rotatable bonds is 14. The maximum absolute atomic E-state index is 7.39. The lowest BCUT2D eigenvalue weighted by Crippen LogP contribution is -2.53. The van der Waals surface area contributed by atoms with Crippen molar-refractivity contribution in [3.8, 4) is 34.5 Å². The average molecular weight is 663 g/mol. The zero-order valence-corrected chi connectivity index (χ0v) is 31.7. The van der Waals surface area contributed by atoms with Gasteiger partial charge in [-0.25, -0.2) is 0 Å². The molecule has 256 valence electrons. The van der Waals surface area contributed by atoms with Crippen molar-refractivity contribution in [2.75, 3.05) is 42.7 Å². The molecule has 0 spiro atoms. The van der Waals surface area contributed by atoms with E-state index in [0.717, 1.165) is 69.9 Å². The quantitative estimate of drug-likeness (QED) is 0.159. The van der Waals surface area contributed by atoms with Crippen LogP contribution in [-0.4, -0.2) is 51.0 Å². The predicted molar refractivity (Wildman–Crippen MR) is 190 cm³/mol. The van der Waals surface area contributed by atoms with Gasteiger partial charge < -0.3 is 32.8 Å². The molecule has 0 aliphatic heterocycles. The van der Waals surface area contributed by atoms with Gasteiger partial charge in [-0.05, 0) is 57.9 Å². The number of unbranched alkanes of at least 4 members (excludes halogenated alkanes) is 1. The molecule has 0 unspecified atom stereocenters. The zero-order valence-electron chi connectivity index (χ0n) is 30.7. The second-order valence-electron chi connectivity index (χ2n) is 13.9. The third-order valence-electron chi connectivity index (χ3n) is 11.0. The van der Waals surface area contributed by atoms with Crippen LogP contribution >= 0.6 is 0 Å². The number of methoxy groups -OCH3 is 6. The van der Waals surface area contributed by atoms with E-state index in [0.29, 0.717) is 33.9 Å². The molecule has 0 radical (unpaired) electrons. The van der Waals surface area contributed by atoms with E-state index < -0.39 is 19.3 Å². The number of ether oxygens (including phenoxy) is 6. The molecule has 0 N–H and O–H groups in total. The standard InChI is InChI=1S/C39H54O7Si/c1-14-15-16-38-29-17-26(40-8)20-32(42-10)35(29)39(45-13,36-30(38)18-27(41-9)21-33(36)43-11)37-31(38)19-28(22-34(37)44-12)46-47(23(2)3,24(4)5)25(6)7/h17-25H,14-16H2,1-13H3. The van der Waals surface area contributed by atoms with Gasteiger partial charge in [0.25, 0.3) is 8.32 Å². The third-order valence-corrected chi connectivity index (χ3v) is 17.0. The Bertz CT molecular complexity index is 1540. The maximum Gasteiger partial charge on any atom is 0.258 e. The molecule has 47 heavy (non-hydrogen) atoms. The molecule has 0 amide bonds. The normalized spacial score (nSPS) is 19.4. The van der Waals surface area contributed by atoms with E-state index >= 15 is 0 Å². The Morgan fingerprint density at radius 2 is 0.936 bits per heavy atom. The van der Waals surface area contributed by atoms with Crippen LogP contribution in [0.4, 0.5) is 0 Å². The fourth-order valence-electron chi connectivity index (χ4n) is 9.17. The molecule has 0 fully saturated rings. The summed E-state index contributed by atoms with van der Waals surface area (Å²) in [6.07, 6.45) is 2.79. The van der Waals surface area contributed by atoms with E-state index in [9.17, 15) is 0 Å². The summed E-state index contributed by atoms with van der Waals surface area (Å²) < 4.78 is 44.8. The number of hydrogen-bond donors (Lipinski definition) is 0. The average Bonchev–Trinajstić information content (AvgIpc) is 3.07. The lowest BCUT2D eigenvalue weighted by molar-refractivity contribution is 0.0374. The SMILES string of the molecule is CCCCC12c3cc(OC)cc(OC)c3C(OC)(c3c(OC)cc(OC)cc31)c1c(OC)cc(O[Si](C(C)C)(C(C)C)C(C)C)cc12. The molecule has 3 aliphatic rings. The van der Waals surface area contributed by atoms with Crippen molar-refractivity contribution in [1.82, 2.24) is 0 Å². The second kappa shape index (κ2) is 12.9. The Hall–Kier alpha value is -3.36. The molecule has 6 rings (SSSR count). The Kier molecular flexibility index (Phi) is 9.61. The van der Waals surface area contributed by atoms with Gasteiger partial charge in [0.05, 0.1) is 35.5 Å². The maximum atomic E-state index is 7.39. The highest BCUT2D eigenvalue weighted by Gasteiger charge is 2.63. The van der Waals surface area contributed by atoms with Crippen molar-refractivity contribution in [1.29, 1.82) is 0 Å². The minimum absolute atomic E-state index is 0.406. The molecule has 0 saturated carbocycles. The van der Waals surface area contributed by atoms with Crippen LogP contribution in [0.3, 0.4) is 0 Å². The van der Waals surface area contributed by atoms with Crippen LogP contribution in [0.2, 0.25) is 16.6 Å². The van der Waals surface area contributed by atoms with Crippen molar-refractivity contribution in [2.45, 2.75) is 95.4 Å². The molecule has 3 aliphatic carbocycles. The van der Waals surface area contributed by atoms with Crippen LogP contribution in [0.5, 0.6) is 34.5 Å². The predicted octanol–water partition coefficient (Wildman–Crippen LogP) is 9.37. The van der Waals surface area contributed by atoms with Crippen LogP contribution < -0.4 is 28.1 Å². The Morgan fingerprint density at radius 1 is 0.553 bits per heavy atom. The number of hydrogen-bond acceptors (Lipinski definition) is 7. The summed E-state index contributed by atoms with van der Waals surface area (Å²) in [7, 11) is 7.98. The minimum atomic E-state index is -2.32. The molecular formula is C39H54O7Si. The summed E-state index contributed by atoms with van der Waals surface area (Å²) in [4.78, 5) is 0. The first kappa shape index (κ1) is 35.0. The third kappa shape index (κ3) is 4.76. The largest absolute Gasteiger partial charge is 0.543 e. The molecule has 3 aromatic carbocycles. The summed E-state index contributed by atoms with van der Waals surface area (Å²) in [6, 6.07) is 12.6. The molecule has 0 aromatic heterocycles. The molecule has 7 nitrogen and oxygen atoms in total. The van der Waals surface area contributed by atoms with Gasteiger partial charge in [0.1, 0.15) is 34.5 Å².